The molecule has 19 heavy (non-hydrogen) atoms. The molecular weight excluding hydrogens is 290 g/mol. The first-order chi connectivity index (χ1) is 8.85. The molecular formula is C11H18O6P2. The molecule has 2 N–H and O–H groups in total. The molecule has 0 fully saturated rings. The molecule has 0 aliphatic heterocycles. The topological polar surface area (TPSA) is 93.1 Å². The van der Waals surface area contributed by atoms with Gasteiger partial charge in [0.15, 0.2) is 5.40 Å². The number of hydrogen-bond acceptors (Lipinski definition) is 4. The molecule has 0 saturated carbocycles. The molecule has 8 heteroatoms. The Morgan fingerprint density at radius 3 is 1.79 bits per heavy atom. The van der Waals surface area contributed by atoms with E-state index >= 15 is 0 Å². The Balaban J connectivity index is 3.27. The van der Waals surface area contributed by atoms with Crippen LogP contribution in [0.5, 0.6) is 0 Å². The van der Waals surface area contributed by atoms with Crippen molar-refractivity contribution in [1.29, 1.82) is 0 Å². The van der Waals surface area contributed by atoms with E-state index in [1.54, 1.807) is 18.2 Å². The van der Waals surface area contributed by atoms with Crippen molar-refractivity contribution in [1.82, 2.24) is 0 Å². The maximum absolute atomic E-state index is 12.2. The third-order valence-electron chi connectivity index (χ3n) is 2.34. The predicted octanol–water partition coefficient (Wildman–Crippen LogP) is 3.13. The molecule has 1 aromatic rings. The van der Waals surface area contributed by atoms with E-state index in [4.69, 9.17) is 9.05 Å². The minimum atomic E-state index is -4.31. The van der Waals surface area contributed by atoms with Crippen LogP contribution in [0.1, 0.15) is 24.8 Å². The number of benzene rings is 1. The highest BCUT2D eigenvalue weighted by atomic mass is 31.2. The summed E-state index contributed by atoms with van der Waals surface area (Å²) in [5, 5.41) is -1.60. The first kappa shape index (κ1) is 16.6. The van der Waals surface area contributed by atoms with E-state index in [0.717, 1.165) is 0 Å². The lowest BCUT2D eigenvalue weighted by Gasteiger charge is -2.26. The summed E-state index contributed by atoms with van der Waals surface area (Å²) in [6.07, 6.45) is 0. The molecule has 0 radical (unpaired) electrons. The van der Waals surface area contributed by atoms with E-state index in [-0.39, 0.29) is 18.8 Å². The summed E-state index contributed by atoms with van der Waals surface area (Å²) >= 11 is 0. The van der Waals surface area contributed by atoms with Gasteiger partial charge in [0.1, 0.15) is 0 Å². The van der Waals surface area contributed by atoms with E-state index < -0.39 is 20.6 Å². The SMILES string of the molecule is CCOP(=O)(O)C(c1ccccc1)P(=O)(O)OCC. The van der Waals surface area contributed by atoms with Crippen molar-refractivity contribution in [2.75, 3.05) is 13.2 Å². The zero-order valence-corrected chi connectivity index (χ0v) is 12.6. The van der Waals surface area contributed by atoms with Crippen molar-refractivity contribution in [2.45, 2.75) is 19.2 Å². The van der Waals surface area contributed by atoms with Crippen LogP contribution in [0.15, 0.2) is 30.3 Å². The van der Waals surface area contributed by atoms with Crippen molar-refractivity contribution in [3.8, 4) is 0 Å². The van der Waals surface area contributed by atoms with Crippen molar-refractivity contribution in [3.05, 3.63) is 35.9 Å². The Hall–Kier alpha value is -0.480. The van der Waals surface area contributed by atoms with Gasteiger partial charge < -0.3 is 18.8 Å². The molecule has 2 atom stereocenters. The maximum atomic E-state index is 12.2. The molecule has 0 aromatic heterocycles. The fraction of sp³-hybridized carbons (Fsp3) is 0.455. The van der Waals surface area contributed by atoms with Crippen molar-refractivity contribution < 1.29 is 28.0 Å². The molecule has 0 heterocycles. The molecule has 0 bridgehead atoms. The molecule has 0 saturated heterocycles. The number of hydrogen-bond donors (Lipinski definition) is 2. The van der Waals surface area contributed by atoms with Crippen LogP contribution in [0, 0.1) is 0 Å². The Kier molecular flexibility index (Phi) is 5.93. The molecule has 108 valence electrons. The predicted molar refractivity (Wildman–Crippen MR) is 72.1 cm³/mol. The molecule has 1 rings (SSSR count). The van der Waals surface area contributed by atoms with Crippen molar-refractivity contribution in [3.63, 3.8) is 0 Å². The second kappa shape index (κ2) is 6.80. The third-order valence-corrected chi connectivity index (χ3v) is 7.18. The Labute approximate surface area is 112 Å². The minimum Gasteiger partial charge on any atom is -0.323 e. The maximum Gasteiger partial charge on any atom is 0.347 e. The fourth-order valence-electron chi connectivity index (χ4n) is 1.70. The van der Waals surface area contributed by atoms with Crippen LogP contribution in [0.3, 0.4) is 0 Å². The van der Waals surface area contributed by atoms with Crippen LogP contribution in [0.2, 0.25) is 0 Å². The van der Waals surface area contributed by atoms with Gasteiger partial charge in [0.25, 0.3) is 0 Å². The van der Waals surface area contributed by atoms with Gasteiger partial charge in [0.05, 0.1) is 13.2 Å². The van der Waals surface area contributed by atoms with Gasteiger partial charge in [0, 0.05) is 0 Å². The highest BCUT2D eigenvalue weighted by molar-refractivity contribution is 7.71. The number of rotatable bonds is 7. The summed E-state index contributed by atoms with van der Waals surface area (Å²) in [4.78, 5) is 19.8. The average molecular weight is 308 g/mol. The summed E-state index contributed by atoms with van der Waals surface area (Å²) in [6, 6.07) is 7.91. The normalized spacial score (nSPS) is 19.4. The first-order valence-electron chi connectivity index (χ1n) is 5.84. The third kappa shape index (κ3) is 4.25. The Bertz CT molecular complexity index is 463. The van der Waals surface area contributed by atoms with Crippen LogP contribution >= 0.6 is 15.2 Å². The largest absolute Gasteiger partial charge is 0.347 e. The van der Waals surface area contributed by atoms with Gasteiger partial charge in [0.2, 0.25) is 0 Å². The lowest BCUT2D eigenvalue weighted by molar-refractivity contribution is 0.248. The lowest BCUT2D eigenvalue weighted by atomic mass is 10.2. The van der Waals surface area contributed by atoms with Gasteiger partial charge in [-0.1, -0.05) is 30.3 Å². The lowest BCUT2D eigenvalue weighted by Crippen LogP contribution is -2.06. The monoisotopic (exact) mass is 308 g/mol. The zero-order chi connectivity index (χ0) is 14.5. The summed E-state index contributed by atoms with van der Waals surface area (Å²) in [5.74, 6) is 0. The van der Waals surface area contributed by atoms with Gasteiger partial charge >= 0.3 is 15.2 Å². The molecule has 6 nitrogen and oxygen atoms in total. The smallest absolute Gasteiger partial charge is 0.323 e. The highest BCUT2D eigenvalue weighted by Gasteiger charge is 2.48. The van der Waals surface area contributed by atoms with E-state index in [2.05, 4.69) is 0 Å². The van der Waals surface area contributed by atoms with Crippen molar-refractivity contribution >= 4 is 15.2 Å². The Morgan fingerprint density at radius 1 is 1.00 bits per heavy atom. The summed E-state index contributed by atoms with van der Waals surface area (Å²) in [7, 11) is -8.63. The molecule has 0 amide bonds. The summed E-state index contributed by atoms with van der Waals surface area (Å²) in [5.41, 5.74) is 0.237. The highest BCUT2D eigenvalue weighted by Crippen LogP contribution is 2.74. The first-order valence-corrected chi connectivity index (χ1v) is 9.13. The van der Waals surface area contributed by atoms with Crippen LogP contribution in [-0.4, -0.2) is 23.0 Å². The van der Waals surface area contributed by atoms with Crippen LogP contribution in [-0.2, 0) is 18.2 Å². The fourth-order valence-corrected chi connectivity index (χ4v) is 5.69. The van der Waals surface area contributed by atoms with E-state index in [9.17, 15) is 18.9 Å². The van der Waals surface area contributed by atoms with Gasteiger partial charge in [-0.15, -0.1) is 0 Å². The molecule has 0 aliphatic rings. The van der Waals surface area contributed by atoms with Crippen molar-refractivity contribution in [2.24, 2.45) is 0 Å². The summed E-state index contributed by atoms with van der Waals surface area (Å²) < 4.78 is 33.9. The van der Waals surface area contributed by atoms with E-state index in [1.165, 1.54) is 26.0 Å². The molecule has 2 unspecified atom stereocenters. The zero-order valence-electron chi connectivity index (χ0n) is 10.8. The average Bonchev–Trinajstić information content (AvgIpc) is 2.29. The minimum absolute atomic E-state index is 0.0385. The second-order valence-corrected chi connectivity index (χ2v) is 7.96. The van der Waals surface area contributed by atoms with Gasteiger partial charge in [-0.05, 0) is 19.4 Å². The standard InChI is InChI=1S/C11H18O6P2/c1-3-16-18(12,13)11(19(14,15)17-4-2)10-8-6-5-7-9-10/h5-9,11H,3-4H2,1-2H3,(H,12,13)(H,14,15). The molecule has 1 aromatic carbocycles. The van der Waals surface area contributed by atoms with E-state index in [1.807, 2.05) is 0 Å². The second-order valence-electron chi connectivity index (χ2n) is 3.75. The Morgan fingerprint density at radius 2 is 1.42 bits per heavy atom. The quantitative estimate of drug-likeness (QED) is 0.752. The van der Waals surface area contributed by atoms with Crippen LogP contribution in [0.4, 0.5) is 0 Å². The molecule has 0 spiro atoms. The van der Waals surface area contributed by atoms with Gasteiger partial charge in [-0.2, -0.15) is 0 Å². The van der Waals surface area contributed by atoms with Gasteiger partial charge in [-0.25, -0.2) is 0 Å². The van der Waals surface area contributed by atoms with Gasteiger partial charge in [-0.3, -0.25) is 9.13 Å². The van der Waals surface area contributed by atoms with Crippen LogP contribution in [0.25, 0.3) is 0 Å². The van der Waals surface area contributed by atoms with Crippen LogP contribution < -0.4 is 0 Å². The van der Waals surface area contributed by atoms with E-state index in [0.29, 0.717) is 0 Å². The summed E-state index contributed by atoms with van der Waals surface area (Å²) in [6.45, 7) is 2.99. The molecule has 0 aliphatic carbocycles.